The zero-order valence-electron chi connectivity index (χ0n) is 19.4. The van der Waals surface area contributed by atoms with Gasteiger partial charge in [-0.3, -0.25) is 0 Å². The molecule has 1 aromatic carbocycles. The zero-order chi connectivity index (χ0) is 22.6. The number of hydrogen-bond donors (Lipinski definition) is 1. The second kappa shape index (κ2) is 10.0. The number of ether oxygens (including phenoxy) is 2. The summed E-state index contributed by atoms with van der Waals surface area (Å²) < 4.78 is 17.9. The maximum atomic E-state index is 6.08. The monoisotopic (exact) mass is 464 g/mol. The van der Waals surface area contributed by atoms with Crippen LogP contribution < -0.4 is 14.8 Å². The molecule has 0 unspecified atom stereocenters. The van der Waals surface area contributed by atoms with Gasteiger partial charge < -0.3 is 23.9 Å². The van der Waals surface area contributed by atoms with Crippen molar-refractivity contribution in [3.63, 3.8) is 0 Å². The summed E-state index contributed by atoms with van der Waals surface area (Å²) in [5.41, 5.74) is 3.62. The maximum Gasteiger partial charge on any atom is 0.157 e. The number of thiophene rings is 1. The number of fused-ring (bicyclic) bond motifs is 1. The first-order valence-electron chi connectivity index (χ1n) is 11.9. The smallest absolute Gasteiger partial charge is 0.157 e. The first-order valence-corrected chi connectivity index (χ1v) is 12.7. The van der Waals surface area contributed by atoms with Gasteiger partial charge >= 0.3 is 0 Å². The number of aromatic nitrogens is 3. The molecule has 7 heteroatoms. The normalized spacial score (nSPS) is 14.7. The highest BCUT2D eigenvalue weighted by Crippen LogP contribution is 2.30. The standard InChI is InChI=1S/C26H32N4O2S/c1-3-20-17-28-26(24-16-25-23(29(24)2)10-15-33-25)30(20)13-14-31-21-4-6-22(7-5-21)32-18-19-8-11-27-12-9-19/h4-7,10,15-17,19,27H,3,8-9,11-14,18H2,1-2H3. The highest BCUT2D eigenvalue weighted by Gasteiger charge is 2.17. The van der Waals surface area contributed by atoms with E-state index in [2.05, 4.69) is 45.9 Å². The molecule has 4 heterocycles. The fourth-order valence-corrected chi connectivity index (χ4v) is 5.41. The van der Waals surface area contributed by atoms with Crippen molar-refractivity contribution in [1.82, 2.24) is 19.4 Å². The summed E-state index contributed by atoms with van der Waals surface area (Å²) >= 11 is 1.77. The number of imidazole rings is 1. The molecule has 3 aromatic heterocycles. The van der Waals surface area contributed by atoms with Crippen LogP contribution in [0.2, 0.25) is 0 Å². The van der Waals surface area contributed by atoms with Crippen molar-refractivity contribution in [3.05, 3.63) is 53.7 Å². The molecule has 1 aliphatic rings. The number of nitrogens with one attached hydrogen (secondary N) is 1. The summed E-state index contributed by atoms with van der Waals surface area (Å²) in [6, 6.07) is 12.4. The maximum absolute atomic E-state index is 6.08. The topological polar surface area (TPSA) is 53.2 Å². The molecule has 1 saturated heterocycles. The molecule has 4 aromatic rings. The summed E-state index contributed by atoms with van der Waals surface area (Å²) in [4.78, 5) is 4.76. The van der Waals surface area contributed by atoms with Gasteiger partial charge in [-0.05, 0) is 80.0 Å². The molecular weight excluding hydrogens is 432 g/mol. The van der Waals surface area contributed by atoms with Gasteiger partial charge in [-0.15, -0.1) is 11.3 Å². The van der Waals surface area contributed by atoms with Gasteiger partial charge in [0.2, 0.25) is 0 Å². The Hall–Kier alpha value is -2.77. The second-order valence-electron chi connectivity index (χ2n) is 8.66. The minimum absolute atomic E-state index is 0.588. The first-order chi connectivity index (χ1) is 16.2. The van der Waals surface area contributed by atoms with Crippen molar-refractivity contribution < 1.29 is 9.47 Å². The summed E-state index contributed by atoms with van der Waals surface area (Å²) in [6.07, 6.45) is 5.32. The van der Waals surface area contributed by atoms with Crippen LogP contribution in [0, 0.1) is 5.92 Å². The van der Waals surface area contributed by atoms with Gasteiger partial charge in [0.15, 0.2) is 5.82 Å². The van der Waals surface area contributed by atoms with Crippen LogP contribution >= 0.6 is 11.3 Å². The van der Waals surface area contributed by atoms with Gasteiger partial charge in [0.1, 0.15) is 18.1 Å². The van der Waals surface area contributed by atoms with Gasteiger partial charge in [-0.25, -0.2) is 4.98 Å². The molecule has 1 fully saturated rings. The Morgan fingerprint density at radius 2 is 1.85 bits per heavy atom. The Morgan fingerprint density at radius 1 is 1.09 bits per heavy atom. The minimum Gasteiger partial charge on any atom is -0.493 e. The largest absolute Gasteiger partial charge is 0.493 e. The number of rotatable bonds is 9. The Bertz CT molecular complexity index is 1190. The van der Waals surface area contributed by atoms with E-state index in [1.165, 1.54) is 28.8 Å². The summed E-state index contributed by atoms with van der Waals surface area (Å²) in [5, 5.41) is 5.53. The number of nitrogens with zero attached hydrogens (tertiary/aromatic N) is 3. The Labute approximate surface area is 199 Å². The molecule has 0 saturated carbocycles. The van der Waals surface area contributed by atoms with Crippen LogP contribution in [-0.2, 0) is 20.0 Å². The van der Waals surface area contributed by atoms with Crippen LogP contribution in [0.4, 0.5) is 0 Å². The van der Waals surface area contributed by atoms with Gasteiger partial charge in [0.05, 0.1) is 29.1 Å². The summed E-state index contributed by atoms with van der Waals surface area (Å²) in [5.74, 6) is 3.43. The van der Waals surface area contributed by atoms with Crippen molar-refractivity contribution in [2.45, 2.75) is 32.7 Å². The molecular formula is C26H32N4O2S. The molecule has 1 aliphatic heterocycles. The third kappa shape index (κ3) is 4.80. The zero-order valence-corrected chi connectivity index (χ0v) is 20.2. The Kier molecular flexibility index (Phi) is 6.69. The van der Waals surface area contributed by atoms with Crippen LogP contribution in [0.3, 0.4) is 0 Å². The lowest BCUT2D eigenvalue weighted by Crippen LogP contribution is -2.30. The van der Waals surface area contributed by atoms with Crippen LogP contribution in [-0.4, -0.2) is 40.4 Å². The van der Waals surface area contributed by atoms with E-state index in [1.807, 2.05) is 30.5 Å². The van der Waals surface area contributed by atoms with E-state index >= 15 is 0 Å². The predicted molar refractivity (Wildman–Crippen MR) is 134 cm³/mol. The third-order valence-electron chi connectivity index (χ3n) is 6.55. The summed E-state index contributed by atoms with van der Waals surface area (Å²) in [6.45, 7) is 6.51. The molecule has 174 valence electrons. The average Bonchev–Trinajstić information content (AvgIpc) is 3.55. The van der Waals surface area contributed by atoms with Gasteiger partial charge in [-0.2, -0.15) is 0 Å². The van der Waals surface area contributed by atoms with E-state index in [-0.39, 0.29) is 0 Å². The van der Waals surface area contributed by atoms with E-state index in [4.69, 9.17) is 14.5 Å². The molecule has 0 aliphatic carbocycles. The highest BCUT2D eigenvalue weighted by atomic mass is 32.1. The Balaban J connectivity index is 1.20. The molecule has 6 nitrogen and oxygen atoms in total. The third-order valence-corrected chi connectivity index (χ3v) is 7.40. The van der Waals surface area contributed by atoms with E-state index in [0.29, 0.717) is 12.5 Å². The van der Waals surface area contributed by atoms with Crippen LogP contribution in [0.15, 0.2) is 48.0 Å². The molecule has 33 heavy (non-hydrogen) atoms. The van der Waals surface area contributed by atoms with Crippen LogP contribution in [0.25, 0.3) is 21.7 Å². The lowest BCUT2D eigenvalue weighted by atomic mass is 9.99. The molecule has 0 bridgehead atoms. The quantitative estimate of drug-likeness (QED) is 0.373. The SMILES string of the molecule is CCc1cnc(-c2cc3sccc3n2C)n1CCOc1ccc(OCC2CCNCC2)cc1. The van der Waals surface area contributed by atoms with Crippen LogP contribution in [0.1, 0.15) is 25.5 Å². The molecule has 0 spiro atoms. The molecule has 0 atom stereocenters. The van der Waals surface area contributed by atoms with E-state index in [9.17, 15) is 0 Å². The second-order valence-corrected chi connectivity index (χ2v) is 9.61. The minimum atomic E-state index is 0.588. The van der Waals surface area contributed by atoms with Crippen molar-refractivity contribution in [3.8, 4) is 23.0 Å². The Morgan fingerprint density at radius 3 is 2.58 bits per heavy atom. The predicted octanol–water partition coefficient (Wildman–Crippen LogP) is 5.12. The van der Waals surface area contributed by atoms with Crippen LogP contribution in [0.5, 0.6) is 11.5 Å². The molecule has 5 rings (SSSR count). The fourth-order valence-electron chi connectivity index (χ4n) is 4.56. The molecule has 0 radical (unpaired) electrons. The summed E-state index contributed by atoms with van der Waals surface area (Å²) in [7, 11) is 2.11. The molecule has 1 N–H and O–H groups in total. The van der Waals surface area contributed by atoms with Crippen molar-refractivity contribution in [2.24, 2.45) is 13.0 Å². The average molecular weight is 465 g/mol. The number of piperidine rings is 1. The van der Waals surface area contributed by atoms with Gasteiger partial charge in [0, 0.05) is 18.9 Å². The number of hydrogen-bond acceptors (Lipinski definition) is 5. The number of benzene rings is 1. The van der Waals surface area contributed by atoms with E-state index < -0.39 is 0 Å². The lowest BCUT2D eigenvalue weighted by molar-refractivity contribution is 0.215. The van der Waals surface area contributed by atoms with Gasteiger partial charge in [0.25, 0.3) is 0 Å². The van der Waals surface area contributed by atoms with E-state index in [0.717, 1.165) is 55.7 Å². The number of aryl methyl sites for hydroxylation is 2. The lowest BCUT2D eigenvalue weighted by Gasteiger charge is -2.22. The fraction of sp³-hybridized carbons (Fsp3) is 0.423. The molecule has 0 amide bonds. The van der Waals surface area contributed by atoms with Crippen molar-refractivity contribution in [2.75, 3.05) is 26.3 Å². The van der Waals surface area contributed by atoms with Crippen molar-refractivity contribution in [1.29, 1.82) is 0 Å². The first kappa shape index (κ1) is 22.0. The van der Waals surface area contributed by atoms with Gasteiger partial charge in [-0.1, -0.05) is 6.92 Å². The van der Waals surface area contributed by atoms with E-state index in [1.54, 1.807) is 11.3 Å². The highest BCUT2D eigenvalue weighted by molar-refractivity contribution is 7.17. The van der Waals surface area contributed by atoms with Crippen molar-refractivity contribution >= 4 is 21.6 Å².